The lowest BCUT2D eigenvalue weighted by Gasteiger charge is -2.16. The number of rotatable bonds is 4. The molecule has 0 fully saturated rings. The van der Waals surface area contributed by atoms with Crippen LogP contribution >= 0.6 is 0 Å². The van der Waals surface area contributed by atoms with Crippen molar-refractivity contribution in [3.8, 4) is 11.8 Å². The molecule has 102 valence electrons. The molecule has 4 nitrogen and oxygen atoms in total. The van der Waals surface area contributed by atoms with Crippen molar-refractivity contribution in [3.63, 3.8) is 0 Å². The van der Waals surface area contributed by atoms with Gasteiger partial charge in [-0.25, -0.2) is 0 Å². The van der Waals surface area contributed by atoms with Gasteiger partial charge in [-0.2, -0.15) is 18.4 Å². The minimum Gasteiger partial charge on any atom is -0.490 e. The molecule has 0 heterocycles. The van der Waals surface area contributed by atoms with Crippen molar-refractivity contribution >= 4 is 11.6 Å². The Morgan fingerprint density at radius 3 is 2.63 bits per heavy atom. The minimum atomic E-state index is -4.64. The summed E-state index contributed by atoms with van der Waals surface area (Å²) in [6, 6.07) is 7.19. The summed E-state index contributed by atoms with van der Waals surface area (Å²) in [5.41, 5.74) is 0.258. The Morgan fingerprint density at radius 2 is 2.11 bits per heavy atom. The van der Waals surface area contributed by atoms with Gasteiger partial charge >= 0.3 is 6.18 Å². The number of amides is 1. The fourth-order valence-electron chi connectivity index (χ4n) is 1.26. The van der Waals surface area contributed by atoms with Crippen molar-refractivity contribution < 1.29 is 22.7 Å². The predicted octanol–water partition coefficient (Wildman–Crippen LogP) is 2.73. The maximum absolute atomic E-state index is 12.4. The molecule has 1 rings (SSSR count). The van der Waals surface area contributed by atoms with Crippen molar-refractivity contribution in [2.75, 3.05) is 11.9 Å². The van der Waals surface area contributed by atoms with Gasteiger partial charge in [0.25, 0.3) is 0 Å². The van der Waals surface area contributed by atoms with Crippen molar-refractivity contribution in [1.82, 2.24) is 0 Å². The molecule has 1 aromatic carbocycles. The molecular weight excluding hydrogens is 261 g/mol. The fraction of sp³-hybridized carbons (Fsp3) is 0.333. The van der Waals surface area contributed by atoms with Crippen LogP contribution in [0.1, 0.15) is 6.92 Å². The molecule has 0 saturated carbocycles. The van der Waals surface area contributed by atoms with Gasteiger partial charge in [0.05, 0.1) is 11.8 Å². The van der Waals surface area contributed by atoms with Crippen LogP contribution in [-0.4, -0.2) is 18.7 Å². The molecule has 19 heavy (non-hydrogen) atoms. The third kappa shape index (κ3) is 4.50. The monoisotopic (exact) mass is 272 g/mol. The molecule has 1 N–H and O–H groups in total. The highest BCUT2D eigenvalue weighted by atomic mass is 19.4. The van der Waals surface area contributed by atoms with Crippen molar-refractivity contribution in [2.24, 2.45) is 5.92 Å². The Labute approximate surface area is 107 Å². The first-order chi connectivity index (χ1) is 8.84. The van der Waals surface area contributed by atoms with Crippen molar-refractivity contribution in [1.29, 1.82) is 5.26 Å². The van der Waals surface area contributed by atoms with Gasteiger partial charge in [-0.05, 0) is 12.1 Å². The lowest BCUT2D eigenvalue weighted by Crippen LogP contribution is -2.27. The van der Waals surface area contributed by atoms with E-state index in [0.717, 1.165) is 6.07 Å². The van der Waals surface area contributed by atoms with E-state index in [1.54, 1.807) is 12.1 Å². The normalized spacial score (nSPS) is 12.4. The number of halogens is 3. The molecule has 0 bridgehead atoms. The molecule has 0 radical (unpaired) electrons. The summed E-state index contributed by atoms with van der Waals surface area (Å²) in [7, 11) is 0. The quantitative estimate of drug-likeness (QED) is 0.916. The molecule has 0 saturated heterocycles. The number of nitrogens with zero attached hydrogens (tertiary/aromatic N) is 1. The van der Waals surface area contributed by atoms with E-state index >= 15 is 0 Å². The number of carbonyl (C=O) groups excluding carboxylic acids is 1. The van der Waals surface area contributed by atoms with Crippen LogP contribution in [0.2, 0.25) is 0 Å². The van der Waals surface area contributed by atoms with E-state index in [4.69, 9.17) is 10.00 Å². The fourth-order valence-corrected chi connectivity index (χ4v) is 1.26. The molecule has 0 aliphatic heterocycles. The number of ether oxygens (including phenoxy) is 1. The average Bonchev–Trinajstić information content (AvgIpc) is 2.29. The van der Waals surface area contributed by atoms with E-state index < -0.39 is 18.7 Å². The van der Waals surface area contributed by atoms with Gasteiger partial charge in [0, 0.05) is 6.92 Å². The summed E-state index contributed by atoms with van der Waals surface area (Å²) in [6.45, 7) is 0.446. The lowest BCUT2D eigenvalue weighted by molar-refractivity contribution is -0.165. The number of benzene rings is 1. The van der Waals surface area contributed by atoms with Gasteiger partial charge in [0.15, 0.2) is 5.92 Å². The molecule has 1 atom stereocenters. The average molecular weight is 272 g/mol. The van der Waals surface area contributed by atoms with Crippen LogP contribution in [0.4, 0.5) is 18.9 Å². The second-order valence-corrected chi connectivity index (χ2v) is 3.71. The predicted molar refractivity (Wildman–Crippen MR) is 61.4 cm³/mol. The first-order valence-electron chi connectivity index (χ1n) is 5.30. The Bertz CT molecular complexity index is 494. The highest BCUT2D eigenvalue weighted by Gasteiger charge is 2.40. The first kappa shape index (κ1) is 14.8. The molecule has 0 spiro atoms. The van der Waals surface area contributed by atoms with Gasteiger partial charge in [0.2, 0.25) is 5.91 Å². The highest BCUT2D eigenvalue weighted by molar-refractivity contribution is 5.90. The summed E-state index contributed by atoms with van der Waals surface area (Å²) in [6.07, 6.45) is -4.64. The third-order valence-corrected chi connectivity index (χ3v) is 2.15. The van der Waals surface area contributed by atoms with Crippen LogP contribution in [0.25, 0.3) is 0 Å². The van der Waals surface area contributed by atoms with Crippen LogP contribution in [0, 0.1) is 17.2 Å². The molecule has 1 unspecified atom stereocenters. The van der Waals surface area contributed by atoms with Gasteiger partial charge < -0.3 is 10.1 Å². The SMILES string of the molecule is CC(=O)Nc1ccccc1OCC(C#N)C(F)(F)F. The van der Waals surface area contributed by atoms with Crippen LogP contribution in [0.5, 0.6) is 5.75 Å². The zero-order chi connectivity index (χ0) is 14.5. The summed E-state index contributed by atoms with van der Waals surface area (Å²) in [5, 5.41) is 10.9. The zero-order valence-electron chi connectivity index (χ0n) is 9.99. The Hall–Kier alpha value is -2.23. The van der Waals surface area contributed by atoms with Gasteiger partial charge in [-0.3, -0.25) is 4.79 Å². The first-order valence-corrected chi connectivity index (χ1v) is 5.30. The smallest absolute Gasteiger partial charge is 0.407 e. The zero-order valence-corrected chi connectivity index (χ0v) is 9.99. The van der Waals surface area contributed by atoms with E-state index in [1.165, 1.54) is 19.1 Å². The van der Waals surface area contributed by atoms with Gasteiger partial charge in [-0.15, -0.1) is 0 Å². The second kappa shape index (κ2) is 6.09. The molecule has 0 aliphatic carbocycles. The van der Waals surface area contributed by atoms with Gasteiger partial charge in [-0.1, -0.05) is 12.1 Å². The van der Waals surface area contributed by atoms with Crippen LogP contribution < -0.4 is 10.1 Å². The van der Waals surface area contributed by atoms with E-state index in [9.17, 15) is 18.0 Å². The van der Waals surface area contributed by atoms with Gasteiger partial charge in [0.1, 0.15) is 12.4 Å². The molecule has 1 amide bonds. The summed E-state index contributed by atoms with van der Waals surface area (Å²) in [4.78, 5) is 10.9. The number of hydrogen-bond donors (Lipinski definition) is 1. The minimum absolute atomic E-state index is 0.0854. The summed E-state index contributed by atoms with van der Waals surface area (Å²) in [5.74, 6) is -2.50. The third-order valence-electron chi connectivity index (χ3n) is 2.15. The summed E-state index contributed by atoms with van der Waals surface area (Å²) < 4.78 is 42.0. The Kier molecular flexibility index (Phi) is 4.75. The number of alkyl halides is 3. The van der Waals surface area contributed by atoms with Crippen LogP contribution in [0.3, 0.4) is 0 Å². The lowest BCUT2D eigenvalue weighted by atomic mass is 10.2. The number of para-hydroxylation sites is 2. The maximum Gasteiger partial charge on any atom is 0.407 e. The van der Waals surface area contributed by atoms with E-state index in [1.807, 2.05) is 0 Å². The van der Waals surface area contributed by atoms with Crippen LogP contribution in [0.15, 0.2) is 24.3 Å². The molecular formula is C12H11F3N2O2. The Balaban J connectivity index is 2.78. The van der Waals surface area contributed by atoms with E-state index in [2.05, 4.69) is 5.32 Å². The topological polar surface area (TPSA) is 62.1 Å². The van der Waals surface area contributed by atoms with Crippen LogP contribution in [-0.2, 0) is 4.79 Å². The highest BCUT2D eigenvalue weighted by Crippen LogP contribution is 2.29. The number of carbonyl (C=O) groups is 1. The van der Waals surface area contributed by atoms with E-state index in [0.29, 0.717) is 0 Å². The number of anilines is 1. The number of nitriles is 1. The standard InChI is InChI=1S/C12H11F3N2O2/c1-8(18)17-10-4-2-3-5-11(10)19-7-9(6-16)12(13,14)15/h2-5,9H,7H2,1H3,(H,17,18). The summed E-state index contributed by atoms with van der Waals surface area (Å²) >= 11 is 0. The second-order valence-electron chi connectivity index (χ2n) is 3.71. The largest absolute Gasteiger partial charge is 0.490 e. The van der Waals surface area contributed by atoms with E-state index in [-0.39, 0.29) is 17.3 Å². The Morgan fingerprint density at radius 1 is 1.47 bits per heavy atom. The van der Waals surface area contributed by atoms with Crippen molar-refractivity contribution in [3.05, 3.63) is 24.3 Å². The molecule has 0 aromatic heterocycles. The number of nitrogens with one attached hydrogen (secondary N) is 1. The maximum atomic E-state index is 12.4. The molecule has 0 aliphatic rings. The van der Waals surface area contributed by atoms with Crippen molar-refractivity contribution in [2.45, 2.75) is 13.1 Å². The molecule has 1 aromatic rings. The molecule has 7 heteroatoms. The number of hydrogen-bond acceptors (Lipinski definition) is 3.